The van der Waals surface area contributed by atoms with Crippen LogP contribution in [0.5, 0.6) is 0 Å². The molecule has 0 unspecified atom stereocenters. The predicted molar refractivity (Wildman–Crippen MR) is 363 cm³/mol. The zero-order chi connectivity index (χ0) is 60.4. The molecule has 10 heteroatoms. The molecule has 0 saturated carbocycles. The standard InChI is InChI=1S/4C17H12N.C15H16N.5Ir/c1-3-8-14(9-4-1)16-12-7-13-18-17(16)15-10-5-2-6-11-15;1-3-7-14(8-4-1)16-11-12-18-17(13-16)15-9-5-2-6-10-15;1-3-7-14(8-4-1)16-11-12-17(18-13-16)15-9-5-2-6-10-15;1-2-8-14(9-3-1)15-10-4-5-11-16(15)17-12-6-7-13-18-17;1-15(2,3)13-8-6-7-12(11-13)14-9-4-5-10-16-14;;;;;/h1-10,12-13H;2*1-9,11-13H;1-10,12-13H;4-6,8-11H,1-3H3;;;;;/q5*-1;;;;;. The summed E-state index contributed by atoms with van der Waals surface area (Å²) < 4.78 is 0. The van der Waals surface area contributed by atoms with Crippen molar-refractivity contribution < 1.29 is 101 Å². The Hall–Kier alpha value is -8.02. The van der Waals surface area contributed by atoms with Crippen LogP contribution in [0.1, 0.15) is 26.3 Å². The SMILES string of the molecule is CC(C)(C)c1cc[c-]c(-c2ccccn2)c1.[Ir].[Ir].[Ir].[Ir].[Ir].[c-]1cccc(-c2ccccc2)c1-c1ccccn1.[c-]1ccccc1-c1cc(-c2ccccc2)ccn1.[c-]1ccccc1-c1ccc(-c2ccccc2)cn1.[c-]1ccccc1-c1ncccc1-c1ccccc1. The number of benzene rings is 9. The van der Waals surface area contributed by atoms with Crippen LogP contribution in [0.25, 0.3) is 101 Å². The van der Waals surface area contributed by atoms with Gasteiger partial charge in [0.15, 0.2) is 0 Å². The average Bonchev–Trinajstić information content (AvgIpc) is 2.61. The van der Waals surface area contributed by atoms with Crippen molar-refractivity contribution in [3.63, 3.8) is 0 Å². The summed E-state index contributed by atoms with van der Waals surface area (Å²) in [4.78, 5) is 22.1. The molecule has 5 aromatic heterocycles. The van der Waals surface area contributed by atoms with Gasteiger partial charge in [-0.3, -0.25) is 0 Å². The van der Waals surface area contributed by atoms with Crippen molar-refractivity contribution in [1.29, 1.82) is 0 Å². The Morgan fingerprint density at radius 3 is 1.24 bits per heavy atom. The Morgan fingerprint density at radius 2 is 0.710 bits per heavy atom. The number of nitrogens with zero attached hydrogens (tertiary/aromatic N) is 5. The molecule has 0 bridgehead atoms. The molecule has 5 heterocycles. The van der Waals surface area contributed by atoms with Gasteiger partial charge in [0.1, 0.15) is 0 Å². The van der Waals surface area contributed by atoms with Crippen LogP contribution in [0.2, 0.25) is 0 Å². The zero-order valence-electron chi connectivity index (χ0n) is 51.2. The first-order valence-electron chi connectivity index (χ1n) is 29.2. The third-order valence-corrected chi connectivity index (χ3v) is 14.0. The van der Waals surface area contributed by atoms with Gasteiger partial charge in [-0.1, -0.05) is 202 Å². The number of pyridine rings is 5. The van der Waals surface area contributed by atoms with E-state index in [1.807, 2.05) is 249 Å². The third kappa shape index (κ3) is 22.6. The van der Waals surface area contributed by atoms with E-state index in [-0.39, 0.29) is 106 Å². The Balaban J connectivity index is 0.000000208. The molecule has 471 valence electrons. The molecule has 0 fully saturated rings. The van der Waals surface area contributed by atoms with Crippen molar-refractivity contribution in [1.82, 2.24) is 24.9 Å². The van der Waals surface area contributed by atoms with Gasteiger partial charge in [0.2, 0.25) is 0 Å². The molecule has 9 aromatic carbocycles. The van der Waals surface area contributed by atoms with E-state index in [0.29, 0.717) is 0 Å². The summed E-state index contributed by atoms with van der Waals surface area (Å²) in [5.41, 5.74) is 20.9. The Morgan fingerprint density at radius 1 is 0.258 bits per heavy atom. The van der Waals surface area contributed by atoms with E-state index in [1.54, 1.807) is 0 Å². The van der Waals surface area contributed by atoms with Gasteiger partial charge >= 0.3 is 0 Å². The van der Waals surface area contributed by atoms with Crippen molar-refractivity contribution in [2.45, 2.75) is 26.2 Å². The molecule has 0 aliphatic carbocycles. The topological polar surface area (TPSA) is 64.5 Å². The molecular formula is C83H64Ir5N5-5. The Kier molecular flexibility index (Phi) is 32.7. The van der Waals surface area contributed by atoms with Crippen LogP contribution >= 0.6 is 0 Å². The van der Waals surface area contributed by atoms with E-state index < -0.39 is 0 Å². The van der Waals surface area contributed by atoms with Gasteiger partial charge in [0.25, 0.3) is 0 Å². The fourth-order valence-electron chi connectivity index (χ4n) is 9.48. The number of hydrogen-bond acceptors (Lipinski definition) is 5. The number of rotatable bonds is 9. The van der Waals surface area contributed by atoms with Crippen LogP contribution < -0.4 is 0 Å². The molecule has 0 atom stereocenters. The van der Waals surface area contributed by atoms with Crippen LogP contribution in [0.4, 0.5) is 0 Å². The summed E-state index contributed by atoms with van der Waals surface area (Å²) in [7, 11) is 0. The van der Waals surface area contributed by atoms with Crippen molar-refractivity contribution in [2.75, 3.05) is 0 Å². The molecule has 5 nitrogen and oxygen atoms in total. The molecule has 0 spiro atoms. The van der Waals surface area contributed by atoms with Crippen molar-refractivity contribution in [2.24, 2.45) is 0 Å². The zero-order valence-corrected chi connectivity index (χ0v) is 63.1. The van der Waals surface area contributed by atoms with Gasteiger partial charge in [0, 0.05) is 132 Å². The summed E-state index contributed by atoms with van der Waals surface area (Å²) in [5, 5.41) is 0. The van der Waals surface area contributed by atoms with E-state index in [9.17, 15) is 0 Å². The second kappa shape index (κ2) is 40.2. The summed E-state index contributed by atoms with van der Waals surface area (Å²) >= 11 is 0. The maximum absolute atomic E-state index is 4.49. The monoisotopic (exact) mass is 2100 g/mol. The summed E-state index contributed by atoms with van der Waals surface area (Å²) in [5.74, 6) is 0. The second-order valence-corrected chi connectivity index (χ2v) is 21.2. The first-order chi connectivity index (χ1) is 43.3. The van der Waals surface area contributed by atoms with Crippen LogP contribution in [-0.4, -0.2) is 24.9 Å². The quantitative estimate of drug-likeness (QED) is 0.135. The molecule has 5 radical (unpaired) electrons. The molecular weight excluding hydrogens is 2030 g/mol. The first-order valence-corrected chi connectivity index (χ1v) is 29.2. The first kappa shape index (κ1) is 75.7. The Bertz CT molecular complexity index is 3960. The maximum atomic E-state index is 4.49. The summed E-state index contributed by atoms with van der Waals surface area (Å²) in [6.45, 7) is 6.64. The second-order valence-electron chi connectivity index (χ2n) is 21.2. The van der Waals surface area contributed by atoms with E-state index >= 15 is 0 Å². The molecule has 14 rings (SSSR count). The normalized spacial score (nSPS) is 9.88. The predicted octanol–water partition coefficient (Wildman–Crippen LogP) is 20.7. The molecule has 0 aliphatic rings. The van der Waals surface area contributed by atoms with E-state index in [4.69, 9.17) is 0 Å². The fourth-order valence-corrected chi connectivity index (χ4v) is 9.48. The molecule has 0 aliphatic heterocycles. The van der Waals surface area contributed by atoms with E-state index in [0.717, 1.165) is 73.0 Å². The minimum absolute atomic E-state index is 0. The largest absolute Gasteiger partial charge is 0.305 e. The molecule has 0 N–H and O–H groups in total. The molecule has 0 saturated heterocycles. The van der Waals surface area contributed by atoms with Crippen molar-refractivity contribution >= 4 is 0 Å². The van der Waals surface area contributed by atoms with Gasteiger partial charge in [-0.25, -0.2) is 0 Å². The van der Waals surface area contributed by atoms with Crippen LogP contribution in [-0.2, 0) is 106 Å². The van der Waals surface area contributed by atoms with E-state index in [1.165, 1.54) is 33.4 Å². The van der Waals surface area contributed by atoms with Gasteiger partial charge < -0.3 is 24.9 Å². The molecule has 14 aromatic rings. The molecule has 93 heavy (non-hydrogen) atoms. The van der Waals surface area contributed by atoms with Crippen LogP contribution in [0.3, 0.4) is 0 Å². The average molecular weight is 2090 g/mol. The van der Waals surface area contributed by atoms with Gasteiger partial charge in [-0.05, 0) is 91.5 Å². The minimum Gasteiger partial charge on any atom is -0.305 e. The maximum Gasteiger partial charge on any atom is 0.0239 e. The van der Waals surface area contributed by atoms with E-state index in [2.05, 4.69) is 161 Å². The minimum atomic E-state index is 0. The summed E-state index contributed by atoms with van der Waals surface area (Å²) in [6, 6.07) is 118. The Labute approximate surface area is 616 Å². The fraction of sp³-hybridized carbons (Fsp3) is 0.0482. The van der Waals surface area contributed by atoms with Crippen molar-refractivity contribution in [3.05, 3.63) is 370 Å². The van der Waals surface area contributed by atoms with Gasteiger partial charge in [0.05, 0.1) is 0 Å². The number of aromatic nitrogens is 5. The smallest absolute Gasteiger partial charge is 0.0239 e. The molecule has 0 amide bonds. The van der Waals surface area contributed by atoms with Crippen LogP contribution in [0, 0.1) is 30.3 Å². The summed E-state index contributed by atoms with van der Waals surface area (Å²) in [6.07, 6.45) is 9.20. The van der Waals surface area contributed by atoms with Crippen molar-refractivity contribution in [3.8, 4) is 101 Å². The van der Waals surface area contributed by atoms with Gasteiger partial charge in [-0.15, -0.1) is 173 Å². The van der Waals surface area contributed by atoms with Crippen LogP contribution in [0.15, 0.2) is 334 Å². The van der Waals surface area contributed by atoms with Gasteiger partial charge in [-0.2, -0.15) is 0 Å². The number of hydrogen-bond donors (Lipinski definition) is 0. The third-order valence-electron chi connectivity index (χ3n) is 14.0.